The van der Waals surface area contributed by atoms with Gasteiger partial charge in [-0.05, 0) is 18.9 Å². The minimum absolute atomic E-state index is 0.0117. The van der Waals surface area contributed by atoms with Gasteiger partial charge in [0.25, 0.3) is 0 Å². The van der Waals surface area contributed by atoms with Crippen LogP contribution >= 0.6 is 0 Å². The van der Waals surface area contributed by atoms with Crippen molar-refractivity contribution < 1.29 is 23.8 Å². The molecule has 3 heterocycles. The predicted octanol–water partition coefficient (Wildman–Crippen LogP) is 1.34. The molecule has 0 radical (unpaired) electrons. The van der Waals surface area contributed by atoms with Crippen LogP contribution in [0.5, 0.6) is 5.75 Å². The zero-order valence-electron chi connectivity index (χ0n) is 15.9. The summed E-state index contributed by atoms with van der Waals surface area (Å²) >= 11 is 0. The number of benzene rings is 1. The molecule has 2 saturated heterocycles. The van der Waals surface area contributed by atoms with Crippen LogP contribution in [0.3, 0.4) is 0 Å². The number of carboxylic acid groups (broad SMARTS) is 1. The molecule has 1 aliphatic carbocycles. The van der Waals surface area contributed by atoms with E-state index in [1.807, 2.05) is 4.90 Å². The van der Waals surface area contributed by atoms with Crippen molar-refractivity contribution in [3.8, 4) is 5.75 Å². The molecule has 0 bridgehead atoms. The summed E-state index contributed by atoms with van der Waals surface area (Å²) in [6.45, 7) is 1.44. The van der Waals surface area contributed by atoms with E-state index in [2.05, 4.69) is 0 Å². The number of nitrogens with zero attached hydrogens (tertiary/aromatic N) is 2. The number of hydrogen-bond acceptors (Lipinski definition) is 6. The van der Waals surface area contributed by atoms with Crippen molar-refractivity contribution in [3.63, 3.8) is 0 Å². The maximum atomic E-state index is 15.4. The Morgan fingerprint density at radius 1 is 1.38 bits per heavy atom. The Morgan fingerprint density at radius 2 is 2.14 bits per heavy atom. The average Bonchev–Trinajstić information content (AvgIpc) is 3.32. The minimum Gasteiger partial charge on any atom is -0.492 e. The van der Waals surface area contributed by atoms with Gasteiger partial charge in [0, 0.05) is 30.7 Å². The first-order valence-corrected chi connectivity index (χ1v) is 9.71. The fourth-order valence-electron chi connectivity index (χ4n) is 4.74. The highest BCUT2D eigenvalue weighted by Gasteiger charge is 2.46. The Morgan fingerprint density at radius 3 is 2.79 bits per heavy atom. The van der Waals surface area contributed by atoms with E-state index < -0.39 is 17.2 Å². The van der Waals surface area contributed by atoms with Crippen molar-refractivity contribution in [2.75, 3.05) is 31.8 Å². The number of fused-ring (bicyclic) bond motifs is 2. The molecular weight excluding hydrogens is 381 g/mol. The van der Waals surface area contributed by atoms with Crippen molar-refractivity contribution in [3.05, 3.63) is 33.9 Å². The SMILES string of the molecule is COc1c(N2C[C@H](N)[C@H]3COC[C@H]32)c(F)cc2c(=O)c(C(=O)O)cn(C3CC3)c12. The topological polar surface area (TPSA) is 107 Å². The van der Waals surface area contributed by atoms with Gasteiger partial charge < -0.3 is 29.8 Å². The van der Waals surface area contributed by atoms with Gasteiger partial charge >= 0.3 is 5.97 Å². The van der Waals surface area contributed by atoms with Crippen LogP contribution in [0.25, 0.3) is 10.9 Å². The van der Waals surface area contributed by atoms with Gasteiger partial charge in [0.05, 0.1) is 37.3 Å². The standard InChI is InChI=1S/C20H22FN3O5/c1-28-19-16-10(18(25)11(20(26)27)5-23(16)9-2-3-9)4-13(21)17(19)24-6-14(22)12-7-29-8-15(12)24/h4-5,9,12,14-15H,2-3,6-8,22H2,1H3,(H,26,27)/t12-,14+,15-/m1/s1. The number of anilines is 1. The van der Waals surface area contributed by atoms with E-state index in [0.717, 1.165) is 18.9 Å². The Hall–Kier alpha value is -2.65. The second-order valence-corrected chi connectivity index (χ2v) is 8.04. The van der Waals surface area contributed by atoms with E-state index in [9.17, 15) is 14.7 Å². The molecule has 8 nitrogen and oxygen atoms in total. The lowest BCUT2D eigenvalue weighted by Crippen LogP contribution is -2.34. The monoisotopic (exact) mass is 403 g/mol. The summed E-state index contributed by atoms with van der Waals surface area (Å²) in [6, 6.07) is 0.981. The van der Waals surface area contributed by atoms with Crippen LogP contribution in [0.15, 0.2) is 17.1 Å². The van der Waals surface area contributed by atoms with Gasteiger partial charge in [-0.3, -0.25) is 4.79 Å². The summed E-state index contributed by atoms with van der Waals surface area (Å²) in [5, 5.41) is 9.44. The first kappa shape index (κ1) is 18.4. The van der Waals surface area contributed by atoms with Crippen molar-refractivity contribution in [2.24, 2.45) is 11.7 Å². The largest absolute Gasteiger partial charge is 0.492 e. The molecule has 3 atom stereocenters. The highest BCUT2D eigenvalue weighted by atomic mass is 19.1. The van der Waals surface area contributed by atoms with Crippen LogP contribution in [-0.4, -0.2) is 54.6 Å². The van der Waals surface area contributed by atoms with Crippen molar-refractivity contribution in [1.82, 2.24) is 4.57 Å². The molecule has 3 fully saturated rings. The Balaban J connectivity index is 1.80. The molecule has 2 aliphatic heterocycles. The molecule has 0 unspecified atom stereocenters. The molecular formula is C20H22FN3O5. The van der Waals surface area contributed by atoms with Gasteiger partial charge in [-0.25, -0.2) is 9.18 Å². The number of hydrogen-bond donors (Lipinski definition) is 2. The molecule has 3 aliphatic rings. The summed E-state index contributed by atoms with van der Waals surface area (Å²) in [4.78, 5) is 26.2. The summed E-state index contributed by atoms with van der Waals surface area (Å²) in [5.41, 5.74) is 5.86. The second-order valence-electron chi connectivity index (χ2n) is 8.04. The lowest BCUT2D eigenvalue weighted by Gasteiger charge is -2.28. The van der Waals surface area contributed by atoms with Gasteiger partial charge in [-0.15, -0.1) is 0 Å². The molecule has 0 amide bonds. The van der Waals surface area contributed by atoms with Gasteiger partial charge in [0.1, 0.15) is 11.3 Å². The molecule has 1 saturated carbocycles. The fourth-order valence-corrected chi connectivity index (χ4v) is 4.74. The predicted molar refractivity (Wildman–Crippen MR) is 103 cm³/mol. The second kappa shape index (κ2) is 6.43. The maximum absolute atomic E-state index is 15.4. The molecule has 9 heteroatoms. The summed E-state index contributed by atoms with van der Waals surface area (Å²) in [6.07, 6.45) is 3.08. The quantitative estimate of drug-likeness (QED) is 0.793. The number of carboxylic acids is 1. The number of rotatable bonds is 4. The minimum atomic E-state index is -1.33. The zero-order valence-corrected chi connectivity index (χ0v) is 15.9. The van der Waals surface area contributed by atoms with Gasteiger partial charge in [0.15, 0.2) is 11.6 Å². The molecule has 2 aromatic rings. The Kier molecular flexibility index (Phi) is 4.08. The van der Waals surface area contributed by atoms with Crippen molar-refractivity contribution in [2.45, 2.75) is 31.0 Å². The Bertz CT molecular complexity index is 1080. The van der Waals surface area contributed by atoms with E-state index in [1.54, 1.807) is 4.57 Å². The van der Waals surface area contributed by atoms with Gasteiger partial charge in [0.2, 0.25) is 5.43 Å². The van der Waals surface area contributed by atoms with E-state index in [-0.39, 0.29) is 46.4 Å². The van der Waals surface area contributed by atoms with Crippen LogP contribution in [0.2, 0.25) is 0 Å². The Labute approximate surface area is 165 Å². The van der Waals surface area contributed by atoms with Crippen molar-refractivity contribution in [1.29, 1.82) is 0 Å². The number of ether oxygens (including phenoxy) is 2. The summed E-state index contributed by atoms with van der Waals surface area (Å²) in [7, 11) is 1.43. The number of halogens is 1. The average molecular weight is 403 g/mol. The lowest BCUT2D eigenvalue weighted by atomic mass is 10.0. The summed E-state index contributed by atoms with van der Waals surface area (Å²) < 4.78 is 28.3. The third-order valence-corrected chi connectivity index (χ3v) is 6.31. The molecule has 0 spiro atoms. The van der Waals surface area contributed by atoms with E-state index in [4.69, 9.17) is 15.2 Å². The van der Waals surface area contributed by atoms with Crippen molar-refractivity contribution >= 4 is 22.6 Å². The third kappa shape index (κ3) is 2.64. The number of pyridine rings is 1. The van der Waals surface area contributed by atoms with Gasteiger partial charge in [-0.1, -0.05) is 0 Å². The first-order chi connectivity index (χ1) is 13.9. The summed E-state index contributed by atoms with van der Waals surface area (Å²) in [5.74, 6) is -1.61. The van der Waals surface area contributed by atoms with Crippen LogP contribution in [0, 0.1) is 11.7 Å². The van der Waals surface area contributed by atoms with Gasteiger partial charge in [-0.2, -0.15) is 0 Å². The highest BCUT2D eigenvalue weighted by Crippen LogP contribution is 2.46. The zero-order chi connectivity index (χ0) is 20.4. The van der Waals surface area contributed by atoms with Crippen LogP contribution in [0.4, 0.5) is 10.1 Å². The molecule has 1 aromatic heterocycles. The van der Waals surface area contributed by atoms with Crippen LogP contribution in [-0.2, 0) is 4.74 Å². The van der Waals surface area contributed by atoms with Crippen LogP contribution in [0.1, 0.15) is 29.2 Å². The van der Waals surface area contributed by atoms with E-state index in [1.165, 1.54) is 13.3 Å². The third-order valence-electron chi connectivity index (χ3n) is 6.31. The number of nitrogens with two attached hydrogens (primary N) is 1. The molecule has 3 N–H and O–H groups in total. The molecule has 5 rings (SSSR count). The smallest absolute Gasteiger partial charge is 0.341 e. The highest BCUT2D eigenvalue weighted by molar-refractivity contribution is 5.97. The van der Waals surface area contributed by atoms with Crippen LogP contribution < -0.4 is 20.8 Å². The molecule has 29 heavy (non-hydrogen) atoms. The van der Waals surface area contributed by atoms with E-state index >= 15 is 4.39 Å². The number of methoxy groups -OCH3 is 1. The number of carbonyl (C=O) groups is 1. The molecule has 154 valence electrons. The number of aromatic nitrogens is 1. The fraction of sp³-hybridized carbons (Fsp3) is 0.500. The lowest BCUT2D eigenvalue weighted by molar-refractivity contribution is 0.0695. The maximum Gasteiger partial charge on any atom is 0.341 e. The molecule has 1 aromatic carbocycles. The van der Waals surface area contributed by atoms with E-state index in [0.29, 0.717) is 25.3 Å². The number of aromatic carboxylic acids is 1. The normalized spacial score (nSPS) is 26.2. The first-order valence-electron chi connectivity index (χ1n) is 9.71.